The third-order valence-electron chi connectivity index (χ3n) is 5.58. The topological polar surface area (TPSA) is 71.3 Å². The second-order valence-corrected chi connectivity index (χ2v) is 7.51. The number of fused-ring (bicyclic) bond motifs is 3. The summed E-state index contributed by atoms with van der Waals surface area (Å²) in [7, 11) is 1.59. The summed E-state index contributed by atoms with van der Waals surface area (Å²) in [6.45, 7) is 0.751. The summed E-state index contributed by atoms with van der Waals surface area (Å²) in [4.78, 5) is 12.2. The van der Waals surface area contributed by atoms with Crippen molar-refractivity contribution in [1.82, 2.24) is 5.32 Å². The Morgan fingerprint density at radius 1 is 1.06 bits per heavy atom. The Morgan fingerprint density at radius 2 is 1.75 bits per heavy atom. The van der Waals surface area contributed by atoms with Crippen LogP contribution in [0.2, 0.25) is 0 Å². The van der Waals surface area contributed by atoms with Gasteiger partial charge in [0.25, 0.3) is 0 Å². The first-order valence-electron chi connectivity index (χ1n) is 10.5. The molecule has 5 heteroatoms. The number of methoxy groups -OCH3 is 1. The van der Waals surface area contributed by atoms with E-state index in [1.165, 1.54) is 22.3 Å². The van der Waals surface area contributed by atoms with Crippen molar-refractivity contribution in [1.29, 1.82) is 5.26 Å². The Labute approximate surface area is 187 Å². The van der Waals surface area contributed by atoms with Crippen LogP contribution in [0.4, 0.5) is 4.79 Å². The van der Waals surface area contributed by atoms with Crippen molar-refractivity contribution in [3.63, 3.8) is 0 Å². The summed E-state index contributed by atoms with van der Waals surface area (Å²) in [6, 6.07) is 23.9. The second kappa shape index (κ2) is 9.84. The van der Waals surface area contributed by atoms with Crippen LogP contribution < -0.4 is 10.1 Å². The van der Waals surface area contributed by atoms with Gasteiger partial charge in [-0.15, -0.1) is 0 Å². The van der Waals surface area contributed by atoms with Gasteiger partial charge >= 0.3 is 6.09 Å². The lowest BCUT2D eigenvalue weighted by molar-refractivity contribution is 0.143. The maximum atomic E-state index is 12.2. The predicted molar refractivity (Wildman–Crippen MR) is 124 cm³/mol. The van der Waals surface area contributed by atoms with Gasteiger partial charge in [-0.05, 0) is 46.9 Å². The normalized spacial score (nSPS) is 12.1. The zero-order chi connectivity index (χ0) is 22.3. The number of rotatable bonds is 7. The minimum Gasteiger partial charge on any atom is -0.496 e. The van der Waals surface area contributed by atoms with Crippen molar-refractivity contribution in [2.75, 3.05) is 20.3 Å². The number of ether oxygens (including phenoxy) is 2. The number of nitrogens with one attached hydrogen (secondary N) is 1. The molecule has 0 unspecified atom stereocenters. The van der Waals surface area contributed by atoms with Gasteiger partial charge in [-0.1, -0.05) is 60.7 Å². The van der Waals surface area contributed by atoms with Gasteiger partial charge in [0.1, 0.15) is 12.4 Å². The number of alkyl carbamates (subject to hydrolysis) is 1. The SMILES string of the molecule is COc1ccc(C#N)cc1C=CCCNC(=O)OCC1c2ccccc2-c2ccccc21. The van der Waals surface area contributed by atoms with E-state index >= 15 is 0 Å². The molecule has 0 saturated heterocycles. The highest BCUT2D eigenvalue weighted by Gasteiger charge is 2.28. The molecule has 5 nitrogen and oxygen atoms in total. The highest BCUT2D eigenvalue weighted by Crippen LogP contribution is 2.44. The summed E-state index contributed by atoms with van der Waals surface area (Å²) in [6.07, 6.45) is 4.02. The summed E-state index contributed by atoms with van der Waals surface area (Å²) in [5.74, 6) is 0.748. The van der Waals surface area contributed by atoms with Crippen molar-refractivity contribution < 1.29 is 14.3 Å². The van der Waals surface area contributed by atoms with Crippen molar-refractivity contribution in [2.24, 2.45) is 0 Å². The largest absolute Gasteiger partial charge is 0.496 e. The van der Waals surface area contributed by atoms with Crippen molar-refractivity contribution in [3.05, 3.63) is 95.1 Å². The minimum atomic E-state index is -0.427. The summed E-state index contributed by atoms with van der Waals surface area (Å²) < 4.78 is 10.9. The van der Waals surface area contributed by atoms with Gasteiger partial charge in [0, 0.05) is 18.0 Å². The molecule has 3 aromatic carbocycles. The lowest BCUT2D eigenvalue weighted by Gasteiger charge is -2.14. The number of nitriles is 1. The Morgan fingerprint density at radius 3 is 2.41 bits per heavy atom. The van der Waals surface area contributed by atoms with Crippen LogP contribution in [0.25, 0.3) is 17.2 Å². The van der Waals surface area contributed by atoms with Crippen molar-refractivity contribution in [2.45, 2.75) is 12.3 Å². The van der Waals surface area contributed by atoms with Crippen LogP contribution in [-0.2, 0) is 4.74 Å². The van der Waals surface area contributed by atoms with Crippen LogP contribution in [0.3, 0.4) is 0 Å². The maximum absolute atomic E-state index is 12.2. The summed E-state index contributed by atoms with van der Waals surface area (Å²) >= 11 is 0. The number of carbonyl (C=O) groups is 1. The molecule has 0 spiro atoms. The van der Waals surface area contributed by atoms with Gasteiger partial charge in [-0.3, -0.25) is 0 Å². The van der Waals surface area contributed by atoms with E-state index in [0.29, 0.717) is 30.9 Å². The van der Waals surface area contributed by atoms with Gasteiger partial charge in [0.2, 0.25) is 0 Å². The number of benzene rings is 3. The molecule has 4 rings (SSSR count). The molecule has 0 radical (unpaired) electrons. The fourth-order valence-corrected chi connectivity index (χ4v) is 4.05. The van der Waals surface area contributed by atoms with Gasteiger partial charge in [-0.2, -0.15) is 5.26 Å². The first kappa shape index (κ1) is 21.2. The third kappa shape index (κ3) is 4.50. The molecule has 0 aliphatic heterocycles. The number of hydrogen-bond acceptors (Lipinski definition) is 4. The fraction of sp³-hybridized carbons (Fsp3) is 0.185. The molecule has 0 atom stereocenters. The molecule has 32 heavy (non-hydrogen) atoms. The number of carbonyl (C=O) groups excluding carboxylic acids is 1. The summed E-state index contributed by atoms with van der Waals surface area (Å²) in [5.41, 5.74) is 6.20. The van der Waals surface area contributed by atoms with E-state index in [1.807, 2.05) is 36.4 Å². The van der Waals surface area contributed by atoms with Gasteiger partial charge in [-0.25, -0.2) is 4.79 Å². The molecule has 160 valence electrons. The van der Waals surface area contributed by atoms with E-state index < -0.39 is 6.09 Å². The van der Waals surface area contributed by atoms with Gasteiger partial charge in [0.05, 0.1) is 18.7 Å². The Hall–Kier alpha value is -4.04. The molecule has 0 saturated carbocycles. The molecule has 0 bridgehead atoms. The first-order valence-corrected chi connectivity index (χ1v) is 10.5. The minimum absolute atomic E-state index is 0.0490. The molecule has 1 N–H and O–H groups in total. The van der Waals surface area contributed by atoms with E-state index in [-0.39, 0.29) is 5.92 Å². The average Bonchev–Trinajstić information content (AvgIpc) is 3.16. The van der Waals surface area contributed by atoms with E-state index in [2.05, 4.69) is 35.7 Å². The lowest BCUT2D eigenvalue weighted by atomic mass is 9.98. The molecular weight excluding hydrogens is 400 g/mol. The standard InChI is InChI=1S/C27H24N2O3/c1-31-26-14-13-19(17-28)16-20(26)8-6-7-15-29-27(30)32-18-25-23-11-4-2-9-21(23)22-10-3-5-12-24(22)25/h2-6,8-14,16,25H,7,15,18H2,1H3,(H,29,30). The molecule has 0 aromatic heterocycles. The zero-order valence-corrected chi connectivity index (χ0v) is 17.9. The highest BCUT2D eigenvalue weighted by molar-refractivity contribution is 5.79. The average molecular weight is 425 g/mol. The number of nitrogens with zero attached hydrogens (tertiary/aromatic N) is 1. The second-order valence-electron chi connectivity index (χ2n) is 7.51. The van der Waals surface area contributed by atoms with E-state index in [1.54, 1.807) is 25.3 Å². The molecule has 1 amide bonds. The van der Waals surface area contributed by atoms with Crippen LogP contribution in [0.15, 0.2) is 72.8 Å². The molecule has 1 aliphatic rings. The zero-order valence-electron chi connectivity index (χ0n) is 17.9. The Bertz CT molecular complexity index is 1150. The van der Waals surface area contributed by atoms with Crippen LogP contribution in [0.5, 0.6) is 5.75 Å². The highest BCUT2D eigenvalue weighted by atomic mass is 16.5. The van der Waals surface area contributed by atoms with Crippen molar-refractivity contribution >= 4 is 12.2 Å². The molecule has 3 aromatic rings. The molecule has 0 heterocycles. The van der Waals surface area contributed by atoms with Crippen LogP contribution in [0.1, 0.15) is 34.6 Å². The van der Waals surface area contributed by atoms with E-state index in [4.69, 9.17) is 14.7 Å². The van der Waals surface area contributed by atoms with E-state index in [9.17, 15) is 4.79 Å². The summed E-state index contributed by atoms with van der Waals surface area (Å²) in [5, 5.41) is 11.9. The molecule has 1 aliphatic carbocycles. The maximum Gasteiger partial charge on any atom is 0.407 e. The Kier molecular flexibility index (Phi) is 6.52. The van der Waals surface area contributed by atoms with Crippen LogP contribution in [-0.4, -0.2) is 26.4 Å². The van der Waals surface area contributed by atoms with E-state index in [0.717, 1.165) is 5.56 Å². The van der Waals surface area contributed by atoms with Gasteiger partial charge in [0.15, 0.2) is 0 Å². The fourth-order valence-electron chi connectivity index (χ4n) is 4.05. The smallest absolute Gasteiger partial charge is 0.407 e. The predicted octanol–water partition coefficient (Wildman–Crippen LogP) is 5.51. The Balaban J connectivity index is 1.29. The first-order chi connectivity index (χ1) is 15.7. The monoisotopic (exact) mass is 424 g/mol. The molecular formula is C27H24N2O3. The lowest BCUT2D eigenvalue weighted by Crippen LogP contribution is -2.26. The number of hydrogen-bond donors (Lipinski definition) is 1. The number of amides is 1. The third-order valence-corrected chi connectivity index (χ3v) is 5.58. The quantitative estimate of drug-likeness (QED) is 0.508. The van der Waals surface area contributed by atoms with Crippen LogP contribution >= 0.6 is 0 Å². The van der Waals surface area contributed by atoms with Crippen LogP contribution in [0, 0.1) is 11.3 Å². The van der Waals surface area contributed by atoms with Crippen molar-refractivity contribution in [3.8, 4) is 22.9 Å². The van der Waals surface area contributed by atoms with Gasteiger partial charge < -0.3 is 14.8 Å². The molecule has 0 fully saturated rings.